The molecule has 4 bridgehead atoms. The molecule has 0 radical (unpaired) electrons. The number of ether oxygens (including phenoxy) is 2. The largest absolute Gasteiger partial charge is 0.508 e. The number of imidazole rings is 1. The van der Waals surface area contributed by atoms with Gasteiger partial charge in [0.25, 0.3) is 5.79 Å². The number of carbonyl (C=O) groups excluding carboxylic acids is 1. The number of carbonyl (C=O) groups is 1. The van der Waals surface area contributed by atoms with Gasteiger partial charge in [-0.05, 0) is 90.4 Å². The first-order valence-corrected chi connectivity index (χ1v) is 23.3. The molecule has 5 aliphatic heterocycles. The molecule has 0 saturated carbocycles. The SMILES string of the molecule is O=C1OC2(c3ccc(O)cc3Oc3cc(O)ccc32)c2ccc(-c3c(-c4ccccc4)nc4n3C3(N=C(c5ccccc5)C(c5ccccc5)=N3)c3cc5ccc3CCc3ccc(cc3-4)CC5)cc21. The maximum Gasteiger partial charge on any atom is 0.340 e. The predicted molar refractivity (Wildman–Crippen MR) is 264 cm³/mol. The fourth-order valence-corrected chi connectivity index (χ4v) is 11.3. The zero-order valence-electron chi connectivity index (χ0n) is 37.1. The number of esters is 1. The first-order valence-electron chi connectivity index (χ1n) is 23.3. The molecule has 330 valence electrons. The standard InChI is InChI=1S/C60H40N4O5/c65-43-25-28-48-51(33-43)68-52-34-44(66)26-29-49(52)59(48)47-27-24-42(32-46(47)58(67)69-59)56-55(41-14-8-3-9-15-41)61-57-45-30-35-16-17-36-19-21-38(23-22-37(45)20-18-35)50(31-36)60(64(56)57)62-53(39-10-4-1-5-11-39)54(63-60)40-12-6-2-7-13-40/h1-15,18-21,24-34,65-66H,16-17,22-23H2. The fourth-order valence-electron chi connectivity index (χ4n) is 11.3. The van der Waals surface area contributed by atoms with E-state index in [0.29, 0.717) is 45.0 Å². The van der Waals surface area contributed by atoms with Gasteiger partial charge in [-0.2, -0.15) is 0 Å². The van der Waals surface area contributed by atoms with E-state index in [1.54, 1.807) is 24.3 Å². The number of phenolic OH excluding ortho intramolecular Hbond substituents is 2. The fraction of sp³-hybridized carbons (Fsp3) is 0.100. The van der Waals surface area contributed by atoms with Gasteiger partial charge in [-0.3, -0.25) is 4.57 Å². The second-order valence-electron chi connectivity index (χ2n) is 18.4. The van der Waals surface area contributed by atoms with Crippen LogP contribution in [0.1, 0.15) is 66.0 Å². The Morgan fingerprint density at radius 2 is 1.06 bits per heavy atom. The Morgan fingerprint density at radius 3 is 1.70 bits per heavy atom. The van der Waals surface area contributed by atoms with Crippen molar-refractivity contribution in [3.05, 3.63) is 243 Å². The van der Waals surface area contributed by atoms with Gasteiger partial charge in [0, 0.05) is 62.2 Å². The van der Waals surface area contributed by atoms with Crippen LogP contribution >= 0.6 is 0 Å². The molecule has 9 nitrogen and oxygen atoms in total. The molecule has 9 aromatic rings. The van der Waals surface area contributed by atoms with Crippen molar-refractivity contribution in [1.29, 1.82) is 0 Å². The summed E-state index contributed by atoms with van der Waals surface area (Å²) in [7, 11) is 0. The lowest BCUT2D eigenvalue weighted by molar-refractivity contribution is 0.0224. The Bertz CT molecular complexity index is 3620. The van der Waals surface area contributed by atoms with Gasteiger partial charge in [0.05, 0.1) is 28.4 Å². The van der Waals surface area contributed by atoms with E-state index >= 15 is 0 Å². The van der Waals surface area contributed by atoms with Crippen LogP contribution in [0.2, 0.25) is 0 Å². The lowest BCUT2D eigenvalue weighted by atomic mass is 9.77. The number of fused-ring (bicyclic) bond motifs is 8. The van der Waals surface area contributed by atoms with Crippen molar-refractivity contribution in [3.63, 3.8) is 0 Å². The second-order valence-corrected chi connectivity index (χ2v) is 18.4. The van der Waals surface area contributed by atoms with Gasteiger partial charge < -0.3 is 19.7 Å². The summed E-state index contributed by atoms with van der Waals surface area (Å²) in [5, 5.41) is 21.3. The van der Waals surface area contributed by atoms with Gasteiger partial charge in [0.1, 0.15) is 28.8 Å². The predicted octanol–water partition coefficient (Wildman–Crippen LogP) is 11.7. The monoisotopic (exact) mass is 896 g/mol. The molecule has 0 unspecified atom stereocenters. The summed E-state index contributed by atoms with van der Waals surface area (Å²) in [4.78, 5) is 32.6. The van der Waals surface area contributed by atoms with Gasteiger partial charge in [0.15, 0.2) is 5.60 Å². The summed E-state index contributed by atoms with van der Waals surface area (Å²) >= 11 is 0. The number of aromatic hydroxyl groups is 2. The maximum absolute atomic E-state index is 14.8. The molecule has 0 atom stereocenters. The first-order chi connectivity index (χ1) is 33.8. The quantitative estimate of drug-likeness (QED) is 0.170. The summed E-state index contributed by atoms with van der Waals surface area (Å²) in [5.41, 5.74) is 13.8. The number of hydrogen-bond acceptors (Lipinski definition) is 8. The molecule has 2 N–H and O–H groups in total. The minimum Gasteiger partial charge on any atom is -0.508 e. The number of benzene rings is 8. The smallest absolute Gasteiger partial charge is 0.340 e. The summed E-state index contributed by atoms with van der Waals surface area (Å²) in [6.45, 7) is 0. The summed E-state index contributed by atoms with van der Waals surface area (Å²) in [5.74, 6) is -0.620. The summed E-state index contributed by atoms with van der Waals surface area (Å²) < 4.78 is 15.2. The second kappa shape index (κ2) is 14.6. The highest BCUT2D eigenvalue weighted by molar-refractivity contribution is 6.54. The van der Waals surface area contributed by atoms with Gasteiger partial charge in [-0.25, -0.2) is 19.8 Å². The normalized spacial score (nSPS) is 16.1. The van der Waals surface area contributed by atoms with E-state index in [1.807, 2.05) is 72.8 Å². The third kappa shape index (κ3) is 5.77. The molecule has 5 aliphatic rings. The minimum absolute atomic E-state index is 0.0105. The molecule has 9 heteroatoms. The van der Waals surface area contributed by atoms with Crippen molar-refractivity contribution in [2.24, 2.45) is 9.98 Å². The Hall–Kier alpha value is -8.82. The van der Waals surface area contributed by atoms with Crippen molar-refractivity contribution >= 4 is 17.4 Å². The Balaban J connectivity index is 1.12. The van der Waals surface area contributed by atoms with Gasteiger partial charge in [-0.1, -0.05) is 127 Å². The van der Waals surface area contributed by atoms with Gasteiger partial charge in [-0.15, -0.1) is 0 Å². The lowest BCUT2D eigenvalue weighted by Gasteiger charge is -2.36. The van der Waals surface area contributed by atoms with Crippen LogP contribution in [0.4, 0.5) is 0 Å². The van der Waals surface area contributed by atoms with Crippen LogP contribution in [-0.4, -0.2) is 37.2 Å². The maximum atomic E-state index is 14.8. The average molecular weight is 897 g/mol. The molecular formula is C60H40N4O5. The number of hydrogen-bond donors (Lipinski definition) is 2. The molecule has 6 heterocycles. The van der Waals surface area contributed by atoms with Crippen LogP contribution in [0.5, 0.6) is 23.0 Å². The van der Waals surface area contributed by atoms with E-state index in [4.69, 9.17) is 24.4 Å². The molecule has 0 aliphatic carbocycles. The minimum atomic E-state index is -1.45. The molecular weight excluding hydrogens is 857 g/mol. The van der Waals surface area contributed by atoms with E-state index in [-0.39, 0.29) is 11.5 Å². The first kappa shape index (κ1) is 39.4. The van der Waals surface area contributed by atoms with Crippen LogP contribution < -0.4 is 4.74 Å². The number of rotatable bonds is 4. The van der Waals surface area contributed by atoms with Crippen molar-refractivity contribution < 1.29 is 24.5 Å². The Morgan fingerprint density at radius 1 is 0.493 bits per heavy atom. The molecule has 69 heavy (non-hydrogen) atoms. The van der Waals surface area contributed by atoms with E-state index in [2.05, 4.69) is 77.4 Å². The molecule has 14 rings (SSSR count). The van der Waals surface area contributed by atoms with Gasteiger partial charge in [0.2, 0.25) is 0 Å². The van der Waals surface area contributed by atoms with Crippen molar-refractivity contribution in [1.82, 2.24) is 9.55 Å². The molecule has 1 aromatic heterocycles. The van der Waals surface area contributed by atoms with Crippen LogP contribution in [0, 0.1) is 0 Å². The Kier molecular flexibility index (Phi) is 8.32. The number of phenols is 2. The highest BCUT2D eigenvalue weighted by Gasteiger charge is 2.54. The topological polar surface area (TPSA) is 119 Å². The van der Waals surface area contributed by atoms with Crippen molar-refractivity contribution in [2.75, 3.05) is 0 Å². The molecule has 8 aromatic carbocycles. The van der Waals surface area contributed by atoms with Crippen LogP contribution in [0.3, 0.4) is 0 Å². The van der Waals surface area contributed by atoms with Crippen LogP contribution in [-0.2, 0) is 41.8 Å². The zero-order chi connectivity index (χ0) is 46.0. The van der Waals surface area contributed by atoms with E-state index in [1.165, 1.54) is 28.8 Å². The number of aryl methyl sites for hydroxylation is 4. The van der Waals surface area contributed by atoms with Crippen LogP contribution in [0.15, 0.2) is 192 Å². The third-order valence-electron chi connectivity index (χ3n) is 14.5. The third-order valence-corrected chi connectivity index (χ3v) is 14.5. The number of nitrogens with zero attached hydrogens (tertiary/aromatic N) is 4. The Labute approximate surface area is 397 Å². The van der Waals surface area contributed by atoms with E-state index < -0.39 is 17.4 Å². The number of aliphatic imine (C=N–C) groups is 2. The average Bonchev–Trinajstić information content (AvgIpc) is 4.07. The molecule has 0 fully saturated rings. The highest BCUT2D eigenvalue weighted by atomic mass is 16.6. The molecule has 2 spiro atoms. The molecule has 0 saturated heterocycles. The van der Waals surface area contributed by atoms with E-state index in [0.717, 1.165) is 82.0 Å². The van der Waals surface area contributed by atoms with Crippen molar-refractivity contribution in [2.45, 2.75) is 37.1 Å². The van der Waals surface area contributed by atoms with Crippen LogP contribution in [0.25, 0.3) is 33.9 Å². The summed E-state index contributed by atoms with van der Waals surface area (Å²) in [6, 6.07) is 60.0. The number of aromatic nitrogens is 2. The van der Waals surface area contributed by atoms with Crippen molar-refractivity contribution in [3.8, 4) is 56.9 Å². The van der Waals surface area contributed by atoms with E-state index in [9.17, 15) is 15.0 Å². The zero-order valence-corrected chi connectivity index (χ0v) is 37.1. The van der Waals surface area contributed by atoms with Gasteiger partial charge >= 0.3 is 5.97 Å². The summed E-state index contributed by atoms with van der Waals surface area (Å²) in [6.07, 6.45) is 3.22. The molecule has 0 amide bonds. The highest BCUT2D eigenvalue weighted by Crippen LogP contribution is 2.58. The lowest BCUT2D eigenvalue weighted by Crippen LogP contribution is -2.33.